The largest absolute Gasteiger partial charge is 0.491 e. The summed E-state index contributed by atoms with van der Waals surface area (Å²) in [6, 6.07) is 12.4. The fraction of sp³-hybridized carbons (Fsp3) is 0.241. The molecule has 0 radical (unpaired) electrons. The SMILES string of the molecule is Cc1ccc(-c2cncc3[nH]c(-c4n[nH]c5ccc(-c6cncc(OCCN7CCCC7)c6)nc45)cc23)s1. The Morgan fingerprint density at radius 2 is 1.87 bits per heavy atom. The Morgan fingerprint density at radius 3 is 2.74 bits per heavy atom. The molecule has 0 aromatic carbocycles. The number of pyridine rings is 3. The van der Waals surface area contributed by atoms with E-state index in [0.717, 1.165) is 62.4 Å². The van der Waals surface area contributed by atoms with Gasteiger partial charge in [0.2, 0.25) is 0 Å². The van der Waals surface area contributed by atoms with E-state index in [1.54, 1.807) is 17.5 Å². The molecule has 190 valence electrons. The van der Waals surface area contributed by atoms with Crippen LogP contribution in [0.4, 0.5) is 0 Å². The van der Waals surface area contributed by atoms with Gasteiger partial charge in [0, 0.05) is 45.2 Å². The van der Waals surface area contributed by atoms with Crippen LogP contribution >= 0.6 is 11.3 Å². The van der Waals surface area contributed by atoms with E-state index in [4.69, 9.17) is 9.72 Å². The molecule has 2 N–H and O–H groups in total. The van der Waals surface area contributed by atoms with E-state index >= 15 is 0 Å². The summed E-state index contributed by atoms with van der Waals surface area (Å²) in [5.41, 5.74) is 7.17. The Kier molecular flexibility index (Phi) is 5.87. The minimum absolute atomic E-state index is 0.658. The number of fused-ring (bicyclic) bond motifs is 2. The predicted molar refractivity (Wildman–Crippen MR) is 151 cm³/mol. The molecule has 6 aromatic heterocycles. The third-order valence-corrected chi connectivity index (χ3v) is 8.13. The topological polar surface area (TPSA) is 95.6 Å². The second kappa shape index (κ2) is 9.66. The molecule has 7 heterocycles. The molecule has 0 bridgehead atoms. The molecule has 38 heavy (non-hydrogen) atoms. The number of ether oxygens (including phenoxy) is 1. The standard InChI is InChI=1S/C29H27N7OS/c1-18-4-7-27(38-18)22-16-31-17-26-21(22)13-25(32-26)29-28-24(34-35-29)6-5-23(33-28)19-12-20(15-30-14-19)37-11-10-36-8-2-3-9-36/h4-7,12-17,32H,2-3,8-11H2,1H3,(H,34,35). The maximum atomic E-state index is 6.02. The van der Waals surface area contributed by atoms with Crippen LogP contribution in [-0.4, -0.2) is 61.3 Å². The van der Waals surface area contributed by atoms with Gasteiger partial charge in [0.25, 0.3) is 0 Å². The quantitative estimate of drug-likeness (QED) is 0.265. The molecular weight excluding hydrogens is 494 g/mol. The number of rotatable bonds is 7. The van der Waals surface area contributed by atoms with E-state index < -0.39 is 0 Å². The van der Waals surface area contributed by atoms with Gasteiger partial charge in [-0.2, -0.15) is 5.10 Å². The number of aryl methyl sites for hydroxylation is 1. The van der Waals surface area contributed by atoms with Crippen molar-refractivity contribution in [2.75, 3.05) is 26.2 Å². The zero-order chi connectivity index (χ0) is 25.5. The molecule has 8 nitrogen and oxygen atoms in total. The first-order valence-electron chi connectivity index (χ1n) is 12.9. The van der Waals surface area contributed by atoms with Gasteiger partial charge in [0.05, 0.1) is 34.8 Å². The van der Waals surface area contributed by atoms with Crippen molar-refractivity contribution in [2.45, 2.75) is 19.8 Å². The van der Waals surface area contributed by atoms with Gasteiger partial charge in [-0.05, 0) is 69.3 Å². The highest BCUT2D eigenvalue weighted by molar-refractivity contribution is 7.15. The number of nitrogens with one attached hydrogen (secondary N) is 2. The summed E-state index contributed by atoms with van der Waals surface area (Å²) in [6.07, 6.45) is 9.94. The summed E-state index contributed by atoms with van der Waals surface area (Å²) in [5, 5.41) is 8.87. The highest BCUT2D eigenvalue weighted by atomic mass is 32.1. The minimum atomic E-state index is 0.658. The number of nitrogens with zero attached hydrogens (tertiary/aromatic N) is 5. The van der Waals surface area contributed by atoms with Crippen LogP contribution in [-0.2, 0) is 0 Å². The average molecular weight is 522 g/mol. The lowest BCUT2D eigenvalue weighted by Gasteiger charge is -2.15. The summed E-state index contributed by atoms with van der Waals surface area (Å²) >= 11 is 1.77. The molecule has 0 unspecified atom stereocenters. The van der Waals surface area contributed by atoms with Crippen molar-refractivity contribution in [2.24, 2.45) is 0 Å². The number of likely N-dealkylation sites (tertiary alicyclic amines) is 1. The number of aromatic nitrogens is 6. The summed E-state index contributed by atoms with van der Waals surface area (Å²) in [5.74, 6) is 0.760. The third kappa shape index (κ3) is 4.33. The smallest absolute Gasteiger partial charge is 0.138 e. The van der Waals surface area contributed by atoms with Gasteiger partial charge in [-0.25, -0.2) is 4.98 Å². The maximum absolute atomic E-state index is 6.02. The molecule has 1 fully saturated rings. The highest BCUT2D eigenvalue weighted by Crippen LogP contribution is 2.36. The van der Waals surface area contributed by atoms with Crippen molar-refractivity contribution in [3.63, 3.8) is 0 Å². The normalized spacial score (nSPS) is 14.1. The van der Waals surface area contributed by atoms with Crippen LogP contribution in [0.3, 0.4) is 0 Å². The highest BCUT2D eigenvalue weighted by Gasteiger charge is 2.17. The van der Waals surface area contributed by atoms with Gasteiger partial charge in [-0.3, -0.25) is 20.0 Å². The number of hydrogen-bond acceptors (Lipinski definition) is 7. The first-order valence-corrected chi connectivity index (χ1v) is 13.7. The van der Waals surface area contributed by atoms with Crippen LogP contribution in [0.15, 0.2) is 61.2 Å². The van der Waals surface area contributed by atoms with Gasteiger partial charge < -0.3 is 9.72 Å². The molecule has 0 atom stereocenters. The Hall–Kier alpha value is -4.08. The first kappa shape index (κ1) is 23.1. The van der Waals surface area contributed by atoms with Gasteiger partial charge in [0.1, 0.15) is 23.6 Å². The fourth-order valence-electron chi connectivity index (χ4n) is 5.14. The Labute approximate surface area is 223 Å². The van der Waals surface area contributed by atoms with Gasteiger partial charge in [-0.1, -0.05) is 0 Å². The zero-order valence-corrected chi connectivity index (χ0v) is 21.9. The predicted octanol–water partition coefficient (Wildman–Crippen LogP) is 6.07. The summed E-state index contributed by atoms with van der Waals surface area (Å²) in [6.45, 7) is 6.06. The third-order valence-electron chi connectivity index (χ3n) is 7.10. The average Bonchev–Trinajstić information content (AvgIpc) is 3.74. The maximum Gasteiger partial charge on any atom is 0.138 e. The van der Waals surface area contributed by atoms with E-state index in [9.17, 15) is 0 Å². The van der Waals surface area contributed by atoms with Crippen LogP contribution in [0.2, 0.25) is 0 Å². The first-order chi connectivity index (χ1) is 18.7. The fourth-order valence-corrected chi connectivity index (χ4v) is 6.03. The lowest BCUT2D eigenvalue weighted by atomic mass is 10.1. The molecular formula is C29H27N7OS. The molecule has 1 aliphatic rings. The number of hydrogen-bond donors (Lipinski definition) is 2. The van der Waals surface area contributed by atoms with Crippen LogP contribution < -0.4 is 4.74 Å². The van der Waals surface area contributed by atoms with Crippen LogP contribution in [0.1, 0.15) is 17.7 Å². The summed E-state index contributed by atoms with van der Waals surface area (Å²) in [7, 11) is 0. The van der Waals surface area contributed by atoms with E-state index in [0.29, 0.717) is 6.61 Å². The summed E-state index contributed by atoms with van der Waals surface area (Å²) < 4.78 is 6.02. The minimum Gasteiger partial charge on any atom is -0.491 e. The monoisotopic (exact) mass is 521 g/mol. The van der Waals surface area contributed by atoms with E-state index in [1.165, 1.54) is 35.7 Å². The van der Waals surface area contributed by atoms with Gasteiger partial charge >= 0.3 is 0 Å². The lowest BCUT2D eigenvalue weighted by molar-refractivity contribution is 0.237. The molecule has 0 amide bonds. The lowest BCUT2D eigenvalue weighted by Crippen LogP contribution is -2.25. The van der Waals surface area contributed by atoms with Crippen molar-refractivity contribution < 1.29 is 4.74 Å². The van der Waals surface area contributed by atoms with Crippen LogP contribution in [0.5, 0.6) is 5.75 Å². The Morgan fingerprint density at radius 1 is 0.974 bits per heavy atom. The van der Waals surface area contributed by atoms with Gasteiger partial charge in [0.15, 0.2) is 0 Å². The van der Waals surface area contributed by atoms with E-state index in [2.05, 4.69) is 55.2 Å². The molecule has 0 saturated carbocycles. The zero-order valence-electron chi connectivity index (χ0n) is 21.1. The van der Waals surface area contributed by atoms with Crippen molar-refractivity contribution in [1.29, 1.82) is 0 Å². The van der Waals surface area contributed by atoms with Crippen molar-refractivity contribution >= 4 is 33.3 Å². The van der Waals surface area contributed by atoms with E-state index in [-0.39, 0.29) is 0 Å². The molecule has 0 spiro atoms. The Balaban J connectivity index is 1.20. The molecule has 1 saturated heterocycles. The number of thiophene rings is 1. The molecule has 9 heteroatoms. The van der Waals surface area contributed by atoms with Crippen LogP contribution in [0.25, 0.3) is 55.0 Å². The Bertz CT molecular complexity index is 1740. The second-order valence-electron chi connectivity index (χ2n) is 9.71. The number of H-pyrrole nitrogens is 2. The van der Waals surface area contributed by atoms with Crippen molar-refractivity contribution in [1.82, 2.24) is 35.0 Å². The molecule has 1 aliphatic heterocycles. The number of aromatic amines is 2. The van der Waals surface area contributed by atoms with Crippen LogP contribution in [0, 0.1) is 6.92 Å². The van der Waals surface area contributed by atoms with Crippen molar-refractivity contribution in [3.05, 3.63) is 66.1 Å². The molecule has 0 aliphatic carbocycles. The molecule has 6 aromatic rings. The summed E-state index contributed by atoms with van der Waals surface area (Å²) in [4.78, 5) is 22.3. The van der Waals surface area contributed by atoms with Crippen molar-refractivity contribution in [3.8, 4) is 38.8 Å². The van der Waals surface area contributed by atoms with E-state index in [1.807, 2.05) is 36.8 Å². The molecule has 7 rings (SSSR count). The van der Waals surface area contributed by atoms with Gasteiger partial charge in [-0.15, -0.1) is 11.3 Å². The second-order valence-corrected chi connectivity index (χ2v) is 11.0.